The molecule has 1 atom stereocenters. The van der Waals surface area contributed by atoms with Crippen LogP contribution in [0.15, 0.2) is 18.3 Å². The molecule has 114 valence electrons. The smallest absolute Gasteiger partial charge is 0.354 e. The van der Waals surface area contributed by atoms with Crippen LogP contribution in [0.2, 0.25) is 0 Å². The molecule has 21 heavy (non-hydrogen) atoms. The number of amides is 2. The van der Waals surface area contributed by atoms with Crippen molar-refractivity contribution in [3.63, 3.8) is 0 Å². The number of hydrogen-bond donors (Lipinski definition) is 3. The SMILES string of the molecule is O=C(O)c1ccc(CNC(=O)N2CCCCC2CO)cn1. The molecule has 1 aliphatic rings. The number of carboxylic acids is 1. The average molecular weight is 293 g/mol. The van der Waals surface area contributed by atoms with E-state index in [0.717, 1.165) is 24.8 Å². The standard InChI is InChI=1S/C14H19N3O4/c18-9-11-3-1-2-6-17(11)14(21)16-8-10-4-5-12(13(19)20)15-7-10/h4-5,7,11,18H,1-3,6,8-9H2,(H,16,21)(H,19,20). The molecule has 1 unspecified atom stereocenters. The molecule has 1 aromatic rings. The maximum absolute atomic E-state index is 12.1. The lowest BCUT2D eigenvalue weighted by molar-refractivity contribution is 0.0690. The predicted molar refractivity (Wildman–Crippen MR) is 74.9 cm³/mol. The zero-order valence-corrected chi connectivity index (χ0v) is 11.7. The molecule has 1 aromatic heterocycles. The molecule has 1 saturated heterocycles. The van der Waals surface area contributed by atoms with Crippen LogP contribution in [0, 0.1) is 0 Å². The highest BCUT2D eigenvalue weighted by molar-refractivity contribution is 5.85. The third-order valence-electron chi connectivity index (χ3n) is 3.59. The zero-order valence-electron chi connectivity index (χ0n) is 11.7. The van der Waals surface area contributed by atoms with E-state index in [1.54, 1.807) is 11.0 Å². The fraction of sp³-hybridized carbons (Fsp3) is 0.500. The summed E-state index contributed by atoms with van der Waals surface area (Å²) in [6.45, 7) is 0.899. The molecule has 0 aromatic carbocycles. The maximum atomic E-state index is 12.1. The predicted octanol–water partition coefficient (Wildman–Crippen LogP) is 0.836. The van der Waals surface area contributed by atoms with E-state index in [1.807, 2.05) is 0 Å². The molecule has 2 heterocycles. The summed E-state index contributed by atoms with van der Waals surface area (Å²) >= 11 is 0. The van der Waals surface area contributed by atoms with E-state index in [4.69, 9.17) is 5.11 Å². The highest BCUT2D eigenvalue weighted by Gasteiger charge is 2.25. The molecule has 0 spiro atoms. The normalized spacial score (nSPS) is 18.3. The molecule has 0 bridgehead atoms. The molecule has 0 radical (unpaired) electrons. The highest BCUT2D eigenvalue weighted by atomic mass is 16.4. The second-order valence-electron chi connectivity index (χ2n) is 5.04. The number of nitrogens with zero attached hydrogens (tertiary/aromatic N) is 2. The number of piperidine rings is 1. The third kappa shape index (κ3) is 3.91. The van der Waals surface area contributed by atoms with Crippen LogP contribution in [0.5, 0.6) is 0 Å². The van der Waals surface area contributed by atoms with E-state index >= 15 is 0 Å². The van der Waals surface area contributed by atoms with E-state index in [9.17, 15) is 14.7 Å². The van der Waals surface area contributed by atoms with Crippen molar-refractivity contribution in [3.05, 3.63) is 29.6 Å². The van der Waals surface area contributed by atoms with Gasteiger partial charge in [0.05, 0.1) is 12.6 Å². The summed E-state index contributed by atoms with van der Waals surface area (Å²) in [5.41, 5.74) is 0.701. The van der Waals surface area contributed by atoms with Crippen LogP contribution >= 0.6 is 0 Å². The van der Waals surface area contributed by atoms with Crippen LogP contribution < -0.4 is 5.32 Å². The Morgan fingerprint density at radius 2 is 2.19 bits per heavy atom. The Morgan fingerprint density at radius 3 is 2.81 bits per heavy atom. The van der Waals surface area contributed by atoms with Crippen LogP contribution in [-0.2, 0) is 6.54 Å². The summed E-state index contributed by atoms with van der Waals surface area (Å²) < 4.78 is 0. The van der Waals surface area contributed by atoms with Gasteiger partial charge >= 0.3 is 12.0 Å². The van der Waals surface area contributed by atoms with Gasteiger partial charge in [-0.05, 0) is 30.9 Å². The zero-order chi connectivity index (χ0) is 15.2. The highest BCUT2D eigenvalue weighted by Crippen LogP contribution is 2.16. The minimum Gasteiger partial charge on any atom is -0.477 e. The van der Waals surface area contributed by atoms with Crippen molar-refractivity contribution in [1.29, 1.82) is 0 Å². The van der Waals surface area contributed by atoms with Gasteiger partial charge in [0.2, 0.25) is 0 Å². The van der Waals surface area contributed by atoms with Crippen molar-refractivity contribution in [2.24, 2.45) is 0 Å². The lowest BCUT2D eigenvalue weighted by atomic mass is 10.0. The second kappa shape index (κ2) is 7.03. The lowest BCUT2D eigenvalue weighted by Gasteiger charge is -2.34. The first kappa shape index (κ1) is 15.2. The minimum absolute atomic E-state index is 0.0255. The molecular weight excluding hydrogens is 274 g/mol. The Morgan fingerprint density at radius 1 is 1.38 bits per heavy atom. The number of carbonyl (C=O) groups is 2. The van der Waals surface area contributed by atoms with Crippen molar-refractivity contribution in [2.45, 2.75) is 31.8 Å². The number of nitrogens with one attached hydrogen (secondary N) is 1. The molecule has 1 fully saturated rings. The topological polar surface area (TPSA) is 103 Å². The maximum Gasteiger partial charge on any atom is 0.354 e. The quantitative estimate of drug-likeness (QED) is 0.763. The second-order valence-corrected chi connectivity index (χ2v) is 5.04. The Bertz CT molecular complexity index is 503. The summed E-state index contributed by atoms with van der Waals surface area (Å²) in [6, 6.07) is 2.69. The van der Waals surface area contributed by atoms with Crippen molar-refractivity contribution >= 4 is 12.0 Å². The van der Waals surface area contributed by atoms with Gasteiger partial charge in [-0.15, -0.1) is 0 Å². The van der Waals surface area contributed by atoms with Gasteiger partial charge in [0.1, 0.15) is 5.69 Å². The van der Waals surface area contributed by atoms with Crippen molar-refractivity contribution in [1.82, 2.24) is 15.2 Å². The van der Waals surface area contributed by atoms with Crippen LogP contribution in [0.3, 0.4) is 0 Å². The molecule has 7 nitrogen and oxygen atoms in total. The molecule has 0 aliphatic carbocycles. The summed E-state index contributed by atoms with van der Waals surface area (Å²) in [6.07, 6.45) is 4.22. The monoisotopic (exact) mass is 293 g/mol. The fourth-order valence-electron chi connectivity index (χ4n) is 2.39. The number of aliphatic hydroxyl groups is 1. The summed E-state index contributed by atoms with van der Waals surface area (Å²) in [4.78, 5) is 28.2. The molecule has 1 aliphatic heterocycles. The van der Waals surface area contributed by atoms with Gasteiger partial charge in [0.15, 0.2) is 0 Å². The van der Waals surface area contributed by atoms with Gasteiger partial charge in [-0.3, -0.25) is 0 Å². The van der Waals surface area contributed by atoms with E-state index in [0.29, 0.717) is 6.54 Å². The van der Waals surface area contributed by atoms with Gasteiger partial charge in [0, 0.05) is 19.3 Å². The number of carbonyl (C=O) groups excluding carboxylic acids is 1. The summed E-state index contributed by atoms with van der Waals surface area (Å²) in [5, 5.41) is 20.8. The van der Waals surface area contributed by atoms with Crippen molar-refractivity contribution < 1.29 is 19.8 Å². The first-order chi connectivity index (χ1) is 10.1. The van der Waals surface area contributed by atoms with Gasteiger partial charge in [0.25, 0.3) is 0 Å². The Hall–Kier alpha value is -2.15. The lowest BCUT2D eigenvalue weighted by Crippen LogP contribution is -2.49. The molecule has 7 heteroatoms. The minimum atomic E-state index is -1.08. The molecule has 2 rings (SSSR count). The van der Waals surface area contributed by atoms with E-state index < -0.39 is 5.97 Å². The van der Waals surface area contributed by atoms with E-state index in [1.165, 1.54) is 12.3 Å². The Labute approximate surface area is 122 Å². The van der Waals surface area contributed by atoms with Crippen LogP contribution in [0.4, 0.5) is 4.79 Å². The molecule has 2 amide bonds. The number of aromatic carboxylic acids is 1. The Balaban J connectivity index is 1.89. The fourth-order valence-corrected chi connectivity index (χ4v) is 2.39. The number of carboxylic acid groups (broad SMARTS) is 1. The number of rotatable bonds is 4. The number of urea groups is 1. The van der Waals surface area contributed by atoms with Crippen LogP contribution in [0.1, 0.15) is 35.3 Å². The number of pyridine rings is 1. The average Bonchev–Trinajstić information content (AvgIpc) is 2.52. The first-order valence-electron chi connectivity index (χ1n) is 6.95. The van der Waals surface area contributed by atoms with Crippen LogP contribution in [0.25, 0.3) is 0 Å². The number of hydrogen-bond acceptors (Lipinski definition) is 4. The third-order valence-corrected chi connectivity index (χ3v) is 3.59. The summed E-state index contributed by atoms with van der Waals surface area (Å²) in [7, 11) is 0. The van der Waals surface area contributed by atoms with E-state index in [2.05, 4.69) is 10.3 Å². The Kier molecular flexibility index (Phi) is 5.10. The number of aliphatic hydroxyl groups excluding tert-OH is 1. The van der Waals surface area contributed by atoms with Crippen molar-refractivity contribution in [3.8, 4) is 0 Å². The molecule has 3 N–H and O–H groups in total. The number of likely N-dealkylation sites (tertiary alicyclic amines) is 1. The number of aromatic nitrogens is 1. The first-order valence-corrected chi connectivity index (χ1v) is 6.95. The van der Waals surface area contributed by atoms with Gasteiger partial charge in [-0.2, -0.15) is 0 Å². The van der Waals surface area contributed by atoms with Crippen molar-refractivity contribution in [2.75, 3.05) is 13.2 Å². The van der Waals surface area contributed by atoms with Gasteiger partial charge < -0.3 is 20.4 Å². The molecule has 0 saturated carbocycles. The largest absolute Gasteiger partial charge is 0.477 e. The molecular formula is C14H19N3O4. The van der Waals surface area contributed by atoms with Gasteiger partial charge in [-0.1, -0.05) is 6.07 Å². The summed E-state index contributed by atoms with van der Waals surface area (Å²) in [5.74, 6) is -1.08. The van der Waals surface area contributed by atoms with E-state index in [-0.39, 0.29) is 30.9 Å². The van der Waals surface area contributed by atoms with Gasteiger partial charge in [-0.25, -0.2) is 14.6 Å². The van der Waals surface area contributed by atoms with Crippen LogP contribution in [-0.4, -0.2) is 51.3 Å².